The molecule has 0 fully saturated rings. The molecule has 0 bridgehead atoms. The molecule has 8 heteroatoms. The van der Waals surface area contributed by atoms with E-state index in [1.807, 2.05) is 62.4 Å². The highest BCUT2D eigenvalue weighted by molar-refractivity contribution is 5.99. The molecular weight excluding hydrogens is 530 g/mol. The molecule has 8 nitrogen and oxygen atoms in total. The maximum atomic E-state index is 14.4. The number of anilines is 1. The Bertz CT molecular complexity index is 1380. The predicted octanol–water partition coefficient (Wildman–Crippen LogP) is 6.14. The fraction of sp³-hybridized carbons (Fsp3) is 0.324. The summed E-state index contributed by atoms with van der Waals surface area (Å²) in [5.41, 5.74) is 3.09. The third-order valence-electron chi connectivity index (χ3n) is 6.53. The summed E-state index contributed by atoms with van der Waals surface area (Å²) in [6, 6.07) is 20.1. The lowest BCUT2D eigenvalue weighted by Gasteiger charge is -2.34. The van der Waals surface area contributed by atoms with Crippen LogP contribution in [0.15, 0.2) is 85.5 Å². The Kier molecular flexibility index (Phi) is 10.9. The van der Waals surface area contributed by atoms with Gasteiger partial charge in [0.25, 0.3) is 5.91 Å². The van der Waals surface area contributed by atoms with Crippen LogP contribution < -0.4 is 15.4 Å². The average Bonchev–Trinajstić information content (AvgIpc) is 2.94. The molecule has 42 heavy (non-hydrogen) atoms. The van der Waals surface area contributed by atoms with Crippen molar-refractivity contribution in [1.82, 2.24) is 10.2 Å². The molecule has 222 valence electrons. The molecule has 2 atom stereocenters. The van der Waals surface area contributed by atoms with Gasteiger partial charge in [-0.25, -0.2) is 4.79 Å². The van der Waals surface area contributed by atoms with E-state index >= 15 is 0 Å². The number of nitrogens with zero attached hydrogens (tertiary/aromatic N) is 1. The van der Waals surface area contributed by atoms with Crippen molar-refractivity contribution < 1.29 is 23.9 Å². The standard InChI is InChI=1S/C34H41N3O5/c1-8-20-37(32(39)29(22-25-12-10-9-11-13-25)36-33(40)42-34(4,5)6)30(28-21-23(2)14-15-24(28)3)31(38)35-26-16-18-27(41-7)19-17-26/h8-19,21,29-30H,1,20,22H2,2-7H3,(H,35,38)(H,36,40). The van der Waals surface area contributed by atoms with Gasteiger partial charge in [-0.1, -0.05) is 60.2 Å². The zero-order valence-electron chi connectivity index (χ0n) is 25.3. The quantitative estimate of drug-likeness (QED) is 0.270. The van der Waals surface area contributed by atoms with Gasteiger partial charge in [-0.15, -0.1) is 6.58 Å². The molecule has 0 aliphatic rings. The van der Waals surface area contributed by atoms with Crippen LogP contribution in [-0.4, -0.2) is 48.1 Å². The summed E-state index contributed by atoms with van der Waals surface area (Å²) < 4.78 is 10.7. The van der Waals surface area contributed by atoms with Gasteiger partial charge >= 0.3 is 6.09 Å². The molecule has 0 aliphatic heterocycles. The SMILES string of the molecule is C=CCN(C(=O)C(Cc1ccccc1)NC(=O)OC(C)(C)C)C(C(=O)Nc1ccc(OC)cc1)c1cc(C)ccc1C. The number of aryl methyl sites for hydroxylation is 2. The monoisotopic (exact) mass is 571 g/mol. The number of alkyl carbamates (subject to hydrolysis) is 1. The molecule has 3 rings (SSSR count). The Labute approximate surface area is 248 Å². The van der Waals surface area contributed by atoms with E-state index in [1.165, 1.54) is 4.90 Å². The number of nitrogens with one attached hydrogen (secondary N) is 2. The minimum Gasteiger partial charge on any atom is -0.497 e. The third kappa shape index (κ3) is 8.96. The lowest BCUT2D eigenvalue weighted by atomic mass is 9.95. The van der Waals surface area contributed by atoms with Crippen LogP contribution in [0.3, 0.4) is 0 Å². The molecule has 3 amide bonds. The number of methoxy groups -OCH3 is 1. The molecule has 0 heterocycles. The van der Waals surface area contributed by atoms with E-state index in [1.54, 1.807) is 58.2 Å². The minimum atomic E-state index is -1.02. The Morgan fingerprint density at radius 1 is 0.976 bits per heavy atom. The Morgan fingerprint density at radius 3 is 2.24 bits per heavy atom. The second-order valence-corrected chi connectivity index (χ2v) is 11.1. The second kappa shape index (κ2) is 14.3. The molecule has 3 aromatic carbocycles. The fourth-order valence-corrected chi connectivity index (χ4v) is 4.55. The zero-order valence-corrected chi connectivity index (χ0v) is 25.3. The lowest BCUT2D eigenvalue weighted by Crippen LogP contribution is -2.53. The molecule has 0 aromatic heterocycles. The van der Waals surface area contributed by atoms with Gasteiger partial charge in [0.1, 0.15) is 23.4 Å². The van der Waals surface area contributed by atoms with Crippen molar-refractivity contribution in [1.29, 1.82) is 0 Å². The van der Waals surface area contributed by atoms with Crippen LogP contribution in [0, 0.1) is 13.8 Å². The summed E-state index contributed by atoms with van der Waals surface area (Å²) in [4.78, 5) is 42.8. The Hall–Kier alpha value is -4.59. The van der Waals surface area contributed by atoms with E-state index < -0.39 is 35.6 Å². The van der Waals surface area contributed by atoms with Crippen molar-refractivity contribution in [2.75, 3.05) is 19.0 Å². The van der Waals surface area contributed by atoms with Gasteiger partial charge in [0.15, 0.2) is 0 Å². The van der Waals surface area contributed by atoms with Crippen molar-refractivity contribution in [2.24, 2.45) is 0 Å². The molecule has 2 unspecified atom stereocenters. The van der Waals surface area contributed by atoms with E-state index in [0.717, 1.165) is 16.7 Å². The summed E-state index contributed by atoms with van der Waals surface area (Å²) in [7, 11) is 1.57. The third-order valence-corrected chi connectivity index (χ3v) is 6.53. The first-order valence-electron chi connectivity index (χ1n) is 13.9. The van der Waals surface area contributed by atoms with Crippen molar-refractivity contribution in [3.63, 3.8) is 0 Å². The van der Waals surface area contributed by atoms with Crippen LogP contribution in [0.25, 0.3) is 0 Å². The van der Waals surface area contributed by atoms with Gasteiger partial charge in [0.2, 0.25) is 5.91 Å². The minimum absolute atomic E-state index is 0.0637. The van der Waals surface area contributed by atoms with Crippen LogP contribution >= 0.6 is 0 Å². The number of benzene rings is 3. The first kappa shape index (κ1) is 31.9. The smallest absolute Gasteiger partial charge is 0.408 e. The highest BCUT2D eigenvalue weighted by Crippen LogP contribution is 2.29. The number of carbonyl (C=O) groups excluding carboxylic acids is 3. The van der Waals surface area contributed by atoms with Gasteiger partial charge in [-0.2, -0.15) is 0 Å². The topological polar surface area (TPSA) is 97.0 Å². The first-order chi connectivity index (χ1) is 19.9. The first-order valence-corrected chi connectivity index (χ1v) is 13.9. The van der Waals surface area contributed by atoms with Crippen LogP contribution in [0.5, 0.6) is 5.75 Å². The summed E-state index contributed by atoms with van der Waals surface area (Å²) in [6.45, 7) is 13.0. The van der Waals surface area contributed by atoms with Gasteiger partial charge in [-0.05, 0) is 75.6 Å². The van der Waals surface area contributed by atoms with Gasteiger partial charge in [-0.3, -0.25) is 9.59 Å². The number of hydrogen-bond acceptors (Lipinski definition) is 5. The van der Waals surface area contributed by atoms with Crippen molar-refractivity contribution >= 4 is 23.6 Å². The van der Waals surface area contributed by atoms with Gasteiger partial charge < -0.3 is 25.0 Å². The lowest BCUT2D eigenvalue weighted by molar-refractivity contribution is -0.140. The number of hydrogen-bond donors (Lipinski definition) is 2. The Morgan fingerprint density at radius 2 is 1.64 bits per heavy atom. The molecule has 0 saturated heterocycles. The number of carbonyl (C=O) groups is 3. The highest BCUT2D eigenvalue weighted by atomic mass is 16.6. The van der Waals surface area contributed by atoms with E-state index in [4.69, 9.17) is 9.47 Å². The number of rotatable bonds is 11. The van der Waals surface area contributed by atoms with Crippen LogP contribution in [0.2, 0.25) is 0 Å². The summed E-state index contributed by atoms with van der Waals surface area (Å²) >= 11 is 0. The molecule has 2 N–H and O–H groups in total. The van der Waals surface area contributed by atoms with E-state index in [-0.39, 0.29) is 13.0 Å². The number of ether oxygens (including phenoxy) is 2. The molecule has 0 saturated carbocycles. The highest BCUT2D eigenvalue weighted by Gasteiger charge is 2.36. The van der Waals surface area contributed by atoms with Crippen molar-refractivity contribution in [3.8, 4) is 5.75 Å². The van der Waals surface area contributed by atoms with Crippen molar-refractivity contribution in [3.05, 3.63) is 108 Å². The molecule has 0 radical (unpaired) electrons. The maximum Gasteiger partial charge on any atom is 0.408 e. The second-order valence-electron chi connectivity index (χ2n) is 11.1. The van der Waals surface area contributed by atoms with Crippen molar-refractivity contribution in [2.45, 2.75) is 58.7 Å². The molecule has 0 aliphatic carbocycles. The van der Waals surface area contributed by atoms with E-state index in [0.29, 0.717) is 17.0 Å². The van der Waals surface area contributed by atoms with Gasteiger partial charge in [0.05, 0.1) is 7.11 Å². The maximum absolute atomic E-state index is 14.4. The van der Waals surface area contributed by atoms with Crippen LogP contribution in [0.4, 0.5) is 10.5 Å². The largest absolute Gasteiger partial charge is 0.497 e. The van der Waals surface area contributed by atoms with Crippen LogP contribution in [0.1, 0.15) is 49.1 Å². The summed E-state index contributed by atoms with van der Waals surface area (Å²) in [6.07, 6.45) is 1.05. The van der Waals surface area contributed by atoms with E-state index in [9.17, 15) is 14.4 Å². The summed E-state index contributed by atoms with van der Waals surface area (Å²) in [5.74, 6) is -0.195. The zero-order chi connectivity index (χ0) is 30.9. The molecule has 0 spiro atoms. The number of amides is 3. The normalized spacial score (nSPS) is 12.4. The fourth-order valence-electron chi connectivity index (χ4n) is 4.55. The predicted molar refractivity (Wildman–Crippen MR) is 165 cm³/mol. The molecule has 3 aromatic rings. The summed E-state index contributed by atoms with van der Waals surface area (Å²) in [5, 5.41) is 5.72. The van der Waals surface area contributed by atoms with Gasteiger partial charge in [0, 0.05) is 18.7 Å². The van der Waals surface area contributed by atoms with E-state index in [2.05, 4.69) is 17.2 Å². The molecular formula is C34H41N3O5. The average molecular weight is 572 g/mol. The van der Waals surface area contributed by atoms with Crippen LogP contribution in [-0.2, 0) is 20.7 Å². The Balaban J connectivity index is 2.06.